The number of aliphatic imine (C=N–C) groups is 1. The predicted octanol–water partition coefficient (Wildman–Crippen LogP) is 13.1. The molecule has 2 saturated carbocycles. The maximum Gasteiger partial charge on any atom is 0.342 e. The zero-order chi connectivity index (χ0) is 52.0. The molecule has 2 aliphatic carbocycles. The van der Waals surface area contributed by atoms with E-state index in [1.54, 1.807) is 6.92 Å². The number of ether oxygens (including phenoxy) is 2. The molecule has 1 aromatic heterocycles. The van der Waals surface area contributed by atoms with Crippen LogP contribution in [0.2, 0.25) is 0 Å². The molecule has 2 fully saturated rings. The van der Waals surface area contributed by atoms with E-state index in [4.69, 9.17) is 14.5 Å². The lowest BCUT2D eigenvalue weighted by Gasteiger charge is -2.50. The summed E-state index contributed by atoms with van der Waals surface area (Å²) in [4.78, 5) is 66.3. The summed E-state index contributed by atoms with van der Waals surface area (Å²) in [5, 5.41) is 16.1. The first-order chi connectivity index (χ1) is 30.8. The Morgan fingerprint density at radius 2 is 1.10 bits per heavy atom. The number of aliphatic hydroxyl groups excluding tert-OH is 1. The molecule has 11 nitrogen and oxygen atoms in total. The lowest BCUT2D eigenvalue weighted by Crippen LogP contribution is -2.50. The summed E-state index contributed by atoms with van der Waals surface area (Å²) in [5.41, 5.74) is 1.27. The Kier molecular flexibility index (Phi) is 17.5. The number of aliphatic hydroxyl groups is 1. The summed E-state index contributed by atoms with van der Waals surface area (Å²) in [6.45, 7) is 46.3. The van der Waals surface area contributed by atoms with E-state index in [0.29, 0.717) is 34.4 Å². The lowest BCUT2D eigenvalue weighted by atomic mass is 9.59. The third-order valence-corrected chi connectivity index (χ3v) is 15.0. The first-order valence-corrected chi connectivity index (χ1v) is 25.9. The molecule has 0 bridgehead atoms. The summed E-state index contributed by atoms with van der Waals surface area (Å²) in [6.07, 6.45) is 4.37. The molecular weight excluding hydrogens is 853 g/mol. The van der Waals surface area contributed by atoms with Crippen LogP contribution in [0.1, 0.15) is 218 Å². The third-order valence-electron chi connectivity index (χ3n) is 15.0. The topological polar surface area (TPSA) is 159 Å². The smallest absolute Gasteiger partial charge is 0.342 e. The molecule has 0 spiro atoms. The number of carbonyl (C=O) groups is 4. The Morgan fingerprint density at radius 3 is 1.47 bits per heavy atom. The summed E-state index contributed by atoms with van der Waals surface area (Å²) in [5.74, 6) is -0.578. The van der Waals surface area contributed by atoms with E-state index < -0.39 is 23.5 Å². The fourth-order valence-corrected chi connectivity index (χ4v) is 11.1. The Hall–Kier alpha value is -3.73. The van der Waals surface area contributed by atoms with Crippen LogP contribution >= 0.6 is 0 Å². The number of hydrogen-bond donors (Lipinski definition) is 4. The van der Waals surface area contributed by atoms with E-state index in [2.05, 4.69) is 113 Å². The SMILES string of the molecule is CC(O)CCC(=O)Nc1[nH]c(C=C2N=C(NC(=O)C(C)(C)C)C(C(=O)OC3C(C(C)(C)C)CC(C)CC3C(C)(C)C)=C2C(C)C)c(C(C)C)c1C(=O)OC1C(C(C)(C)C)CC(C)CC1C(C)(C)C. The second-order valence-electron chi connectivity index (χ2n) is 27.2. The van der Waals surface area contributed by atoms with Gasteiger partial charge in [0.25, 0.3) is 0 Å². The van der Waals surface area contributed by atoms with Gasteiger partial charge in [-0.05, 0) is 102 Å². The third kappa shape index (κ3) is 13.6. The molecule has 0 radical (unpaired) electrons. The first-order valence-electron chi connectivity index (χ1n) is 25.9. The molecular formula is C57H94N4O7. The van der Waals surface area contributed by atoms with Gasteiger partial charge in [-0.3, -0.25) is 9.59 Å². The van der Waals surface area contributed by atoms with Crippen LogP contribution in [0, 0.1) is 68.5 Å². The minimum atomic E-state index is -0.801. The fourth-order valence-electron chi connectivity index (χ4n) is 11.1. The van der Waals surface area contributed by atoms with Crippen molar-refractivity contribution in [3.8, 4) is 0 Å². The largest absolute Gasteiger partial charge is 0.458 e. The highest BCUT2D eigenvalue weighted by Crippen LogP contribution is 2.52. The van der Waals surface area contributed by atoms with Gasteiger partial charge in [-0.1, -0.05) is 145 Å². The van der Waals surface area contributed by atoms with Gasteiger partial charge in [-0.15, -0.1) is 0 Å². The predicted molar refractivity (Wildman–Crippen MR) is 277 cm³/mol. The summed E-state index contributed by atoms with van der Waals surface area (Å²) >= 11 is 0. The second-order valence-corrected chi connectivity index (χ2v) is 27.2. The number of anilines is 1. The molecule has 4 rings (SSSR count). The monoisotopic (exact) mass is 947 g/mol. The molecule has 4 N–H and O–H groups in total. The number of allylic oxidation sites excluding steroid dienone is 1. The zero-order valence-corrected chi connectivity index (χ0v) is 46.5. The molecule has 0 aromatic carbocycles. The van der Waals surface area contributed by atoms with Crippen molar-refractivity contribution in [2.75, 3.05) is 5.32 Å². The molecule has 1 aliphatic heterocycles. The molecule has 0 saturated heterocycles. The van der Waals surface area contributed by atoms with E-state index >= 15 is 9.59 Å². The summed E-state index contributed by atoms with van der Waals surface area (Å²) in [6, 6.07) is 0. The van der Waals surface area contributed by atoms with Crippen LogP contribution in [0.25, 0.3) is 6.08 Å². The van der Waals surface area contributed by atoms with Crippen molar-refractivity contribution in [2.24, 2.45) is 73.5 Å². The molecule has 5 atom stereocenters. The highest BCUT2D eigenvalue weighted by atomic mass is 16.5. The molecule has 68 heavy (non-hydrogen) atoms. The minimum Gasteiger partial charge on any atom is -0.458 e. The number of aromatic amines is 1. The van der Waals surface area contributed by atoms with Crippen molar-refractivity contribution in [2.45, 2.75) is 215 Å². The van der Waals surface area contributed by atoms with E-state index in [1.165, 1.54) is 0 Å². The van der Waals surface area contributed by atoms with Gasteiger partial charge in [-0.25, -0.2) is 14.6 Å². The van der Waals surface area contributed by atoms with Crippen LogP contribution in [0.15, 0.2) is 21.8 Å². The van der Waals surface area contributed by atoms with Gasteiger partial charge >= 0.3 is 11.9 Å². The number of amides is 2. The molecule has 2 heterocycles. The van der Waals surface area contributed by atoms with Crippen LogP contribution in [-0.4, -0.2) is 58.0 Å². The molecule has 1 aromatic rings. The van der Waals surface area contributed by atoms with Gasteiger partial charge in [0.1, 0.15) is 35.0 Å². The normalized spacial score (nSPS) is 26.5. The van der Waals surface area contributed by atoms with Gasteiger partial charge < -0.3 is 30.2 Å². The van der Waals surface area contributed by atoms with Crippen LogP contribution in [0.4, 0.5) is 5.82 Å². The van der Waals surface area contributed by atoms with Gasteiger partial charge in [0.2, 0.25) is 11.8 Å². The number of rotatable bonds is 11. The number of hydrogen-bond acceptors (Lipinski definition) is 8. The number of carbonyl (C=O) groups excluding carboxylic acids is 4. The van der Waals surface area contributed by atoms with Crippen LogP contribution in [-0.2, 0) is 23.9 Å². The zero-order valence-electron chi connectivity index (χ0n) is 46.5. The van der Waals surface area contributed by atoms with Crippen molar-refractivity contribution in [3.05, 3.63) is 33.7 Å². The maximum absolute atomic E-state index is 15.2. The van der Waals surface area contributed by atoms with Crippen molar-refractivity contribution in [1.29, 1.82) is 0 Å². The van der Waals surface area contributed by atoms with Crippen LogP contribution in [0.5, 0.6) is 0 Å². The van der Waals surface area contributed by atoms with E-state index in [0.717, 1.165) is 25.7 Å². The van der Waals surface area contributed by atoms with Crippen molar-refractivity contribution < 1.29 is 33.8 Å². The number of amidine groups is 1. The minimum absolute atomic E-state index is 0.0379. The van der Waals surface area contributed by atoms with Crippen LogP contribution in [0.3, 0.4) is 0 Å². The van der Waals surface area contributed by atoms with Gasteiger partial charge in [0.05, 0.1) is 11.8 Å². The number of esters is 2. The maximum atomic E-state index is 15.2. The lowest BCUT2D eigenvalue weighted by molar-refractivity contribution is -0.164. The van der Waals surface area contributed by atoms with Crippen molar-refractivity contribution in [3.63, 3.8) is 0 Å². The van der Waals surface area contributed by atoms with Crippen molar-refractivity contribution >= 4 is 41.5 Å². The van der Waals surface area contributed by atoms with Gasteiger partial charge in [-0.2, -0.15) is 0 Å². The van der Waals surface area contributed by atoms with Crippen molar-refractivity contribution in [1.82, 2.24) is 10.3 Å². The number of H-pyrrole nitrogens is 1. The first kappa shape index (κ1) is 56.9. The Balaban J connectivity index is 2.00. The molecule has 384 valence electrons. The fraction of sp³-hybridized carbons (Fsp3) is 0.772. The molecule has 11 heteroatoms. The van der Waals surface area contributed by atoms with E-state index in [-0.39, 0.29) is 117 Å². The van der Waals surface area contributed by atoms with E-state index in [1.807, 2.05) is 54.5 Å². The summed E-state index contributed by atoms with van der Waals surface area (Å²) < 4.78 is 13.7. The number of nitrogens with zero attached hydrogens (tertiary/aromatic N) is 1. The van der Waals surface area contributed by atoms with Crippen LogP contribution < -0.4 is 10.6 Å². The van der Waals surface area contributed by atoms with Gasteiger partial charge in [0, 0.05) is 41.2 Å². The molecule has 5 unspecified atom stereocenters. The quantitative estimate of drug-likeness (QED) is 0.161. The average Bonchev–Trinajstić information content (AvgIpc) is 3.70. The highest BCUT2D eigenvalue weighted by Gasteiger charge is 2.51. The van der Waals surface area contributed by atoms with E-state index in [9.17, 15) is 14.7 Å². The number of nitrogens with one attached hydrogen (secondary N) is 3. The number of aromatic nitrogens is 1. The molecule has 2 amide bonds. The highest BCUT2D eigenvalue weighted by molar-refractivity contribution is 6.26. The Bertz CT molecular complexity index is 2050. The second kappa shape index (κ2) is 20.9. The standard InChI is InChI=1S/C57H94N4O7/c1-30(2)42-39(58-48(60-41(63)24-23-34(7)62)44(42)50(64)67-46-35(53(8,9)10)25-32(5)26-36(46)54(11,12)13)29-40-43(31(3)4)45(49(59-40)61-52(66)57(20,21)22)51(65)68-47-37(55(14,15)16)27-33(6)28-38(47)56(17,18)19/h29-38,46-47,58,62H,23-28H2,1-22H3,(H,60,63)(H,59,61,66). The molecule has 3 aliphatic rings. The van der Waals surface area contributed by atoms with Gasteiger partial charge in [0.15, 0.2) is 0 Å². The summed E-state index contributed by atoms with van der Waals surface area (Å²) in [7, 11) is 0. The Labute approximate surface area is 411 Å². The Morgan fingerprint density at radius 1 is 0.676 bits per heavy atom. The average molecular weight is 947 g/mol.